The van der Waals surface area contributed by atoms with E-state index < -0.39 is 11.7 Å². The summed E-state index contributed by atoms with van der Waals surface area (Å²) >= 11 is 0. The van der Waals surface area contributed by atoms with Crippen LogP contribution in [-0.4, -0.2) is 41.7 Å². The molecule has 1 aromatic heterocycles. The van der Waals surface area contributed by atoms with E-state index in [1.165, 1.54) is 4.68 Å². The number of rotatable bonds is 5. The summed E-state index contributed by atoms with van der Waals surface area (Å²) in [7, 11) is 1.54. The lowest BCUT2D eigenvalue weighted by atomic mass is 9.57. The highest BCUT2D eigenvalue weighted by atomic mass is 19.4. The predicted molar refractivity (Wildman–Crippen MR) is 81.4 cm³/mol. The Labute approximate surface area is 139 Å². The van der Waals surface area contributed by atoms with E-state index in [2.05, 4.69) is 10.4 Å². The van der Waals surface area contributed by atoms with E-state index in [0.29, 0.717) is 19.8 Å². The molecule has 1 N–H and O–H groups in total. The minimum absolute atomic E-state index is 0.0226. The van der Waals surface area contributed by atoms with Crippen molar-refractivity contribution < 1.29 is 22.6 Å². The summed E-state index contributed by atoms with van der Waals surface area (Å²) in [5, 5.41) is 7.09. The second-order valence-electron chi connectivity index (χ2n) is 6.59. The van der Waals surface area contributed by atoms with Crippen molar-refractivity contribution in [3.8, 4) is 0 Å². The number of hydrogen-bond donors (Lipinski definition) is 1. The molecule has 2 fully saturated rings. The van der Waals surface area contributed by atoms with Gasteiger partial charge in [-0.15, -0.1) is 0 Å². The number of aromatic nitrogens is 2. The van der Waals surface area contributed by atoms with Crippen LogP contribution in [0.15, 0.2) is 6.20 Å². The molecule has 2 atom stereocenters. The normalized spacial score (nSPS) is 26.5. The Morgan fingerprint density at radius 3 is 2.75 bits per heavy atom. The zero-order valence-corrected chi connectivity index (χ0v) is 14.0. The Kier molecular flexibility index (Phi) is 4.90. The van der Waals surface area contributed by atoms with Crippen LogP contribution in [0.25, 0.3) is 0 Å². The van der Waals surface area contributed by atoms with Gasteiger partial charge in [-0.1, -0.05) is 0 Å². The van der Waals surface area contributed by atoms with Crippen LogP contribution in [0.4, 0.5) is 13.2 Å². The second kappa shape index (κ2) is 6.65. The molecule has 5 nitrogen and oxygen atoms in total. The minimum atomic E-state index is -4.38. The minimum Gasteiger partial charge on any atom is -0.381 e. The molecule has 2 aliphatic rings. The van der Waals surface area contributed by atoms with Gasteiger partial charge < -0.3 is 14.8 Å². The third-order valence-corrected chi connectivity index (χ3v) is 5.46. The van der Waals surface area contributed by atoms with Gasteiger partial charge >= 0.3 is 6.18 Å². The molecule has 1 spiro atoms. The number of hydrogen-bond acceptors (Lipinski definition) is 4. The molecule has 1 aliphatic carbocycles. The monoisotopic (exact) mass is 347 g/mol. The molecule has 1 aliphatic heterocycles. The fourth-order valence-corrected chi connectivity index (χ4v) is 4.02. The van der Waals surface area contributed by atoms with Gasteiger partial charge in [-0.2, -0.15) is 18.3 Å². The lowest BCUT2D eigenvalue weighted by molar-refractivity contribution is -0.173. The van der Waals surface area contributed by atoms with E-state index in [1.54, 1.807) is 7.05 Å². The van der Waals surface area contributed by atoms with Gasteiger partial charge in [0.2, 0.25) is 0 Å². The van der Waals surface area contributed by atoms with Gasteiger partial charge in [0.05, 0.1) is 23.6 Å². The van der Waals surface area contributed by atoms with E-state index in [-0.39, 0.29) is 29.8 Å². The van der Waals surface area contributed by atoms with E-state index in [1.807, 2.05) is 6.92 Å². The quantitative estimate of drug-likeness (QED) is 0.889. The fraction of sp³-hybridized carbons (Fsp3) is 0.812. The first-order valence-electron chi connectivity index (χ1n) is 8.39. The second-order valence-corrected chi connectivity index (χ2v) is 6.59. The third-order valence-electron chi connectivity index (χ3n) is 5.46. The van der Waals surface area contributed by atoms with Crippen LogP contribution < -0.4 is 5.32 Å². The first-order valence-corrected chi connectivity index (χ1v) is 8.39. The first-order chi connectivity index (χ1) is 11.4. The number of nitrogens with one attached hydrogen (secondary N) is 1. The third kappa shape index (κ3) is 3.07. The van der Waals surface area contributed by atoms with Crippen molar-refractivity contribution in [2.45, 2.75) is 51.1 Å². The van der Waals surface area contributed by atoms with Crippen LogP contribution in [0.5, 0.6) is 0 Å². The van der Waals surface area contributed by atoms with Gasteiger partial charge in [0.15, 0.2) is 0 Å². The maximum Gasteiger partial charge on any atom is 0.419 e. The number of nitrogens with zero attached hydrogens (tertiary/aromatic N) is 2. The van der Waals surface area contributed by atoms with Crippen molar-refractivity contribution in [1.29, 1.82) is 0 Å². The Morgan fingerprint density at radius 2 is 2.12 bits per heavy atom. The van der Waals surface area contributed by atoms with E-state index in [0.717, 1.165) is 25.5 Å². The topological polar surface area (TPSA) is 48.3 Å². The molecule has 8 heteroatoms. The average molecular weight is 347 g/mol. The van der Waals surface area contributed by atoms with Gasteiger partial charge in [-0.3, -0.25) is 4.68 Å². The van der Waals surface area contributed by atoms with Crippen molar-refractivity contribution in [1.82, 2.24) is 15.1 Å². The summed E-state index contributed by atoms with van der Waals surface area (Å²) in [6, 6.07) is 0.147. The number of ether oxygens (including phenoxy) is 2. The van der Waals surface area contributed by atoms with E-state index in [4.69, 9.17) is 9.47 Å². The Morgan fingerprint density at radius 1 is 1.42 bits per heavy atom. The van der Waals surface area contributed by atoms with Gasteiger partial charge in [0, 0.05) is 44.9 Å². The van der Waals surface area contributed by atoms with Gasteiger partial charge in [0.25, 0.3) is 0 Å². The molecule has 2 unspecified atom stereocenters. The molecule has 1 saturated carbocycles. The zero-order valence-electron chi connectivity index (χ0n) is 14.0. The van der Waals surface area contributed by atoms with E-state index in [9.17, 15) is 13.2 Å². The van der Waals surface area contributed by atoms with Crippen molar-refractivity contribution >= 4 is 0 Å². The highest BCUT2D eigenvalue weighted by Crippen LogP contribution is 2.50. The SMILES string of the molecule is CCOC1CC(NCc2c(C(F)(F)F)cnn2C)C12CCOCC2. The summed E-state index contributed by atoms with van der Waals surface area (Å²) in [5.74, 6) is 0. The van der Waals surface area contributed by atoms with Crippen LogP contribution in [0.3, 0.4) is 0 Å². The maximum absolute atomic E-state index is 13.1. The van der Waals surface area contributed by atoms with Crippen molar-refractivity contribution in [3.05, 3.63) is 17.5 Å². The molecular formula is C16H24F3N3O2. The van der Waals surface area contributed by atoms with Crippen LogP contribution in [-0.2, 0) is 29.2 Å². The lowest BCUT2D eigenvalue weighted by Gasteiger charge is -2.57. The summed E-state index contributed by atoms with van der Waals surface area (Å²) in [4.78, 5) is 0. The largest absolute Gasteiger partial charge is 0.419 e. The molecule has 136 valence electrons. The van der Waals surface area contributed by atoms with Crippen LogP contribution in [0.2, 0.25) is 0 Å². The lowest BCUT2D eigenvalue weighted by Crippen LogP contribution is -2.65. The standard InChI is InChI=1S/C16H24F3N3O2/c1-3-24-14-8-13(15(14)4-6-23-7-5-15)20-10-12-11(16(17,18)19)9-21-22(12)2/h9,13-14,20H,3-8,10H2,1-2H3. The van der Waals surface area contributed by atoms with Crippen molar-refractivity contribution in [2.75, 3.05) is 19.8 Å². The molecule has 3 rings (SSSR count). The maximum atomic E-state index is 13.1. The summed E-state index contributed by atoms with van der Waals surface area (Å²) in [6.07, 6.45) is -0.732. The number of aryl methyl sites for hydroxylation is 1. The predicted octanol–water partition coefficient (Wildman–Crippen LogP) is 2.50. The molecule has 24 heavy (non-hydrogen) atoms. The average Bonchev–Trinajstić information content (AvgIpc) is 2.92. The molecule has 1 aromatic rings. The molecular weight excluding hydrogens is 323 g/mol. The number of alkyl halides is 3. The summed E-state index contributed by atoms with van der Waals surface area (Å²) in [5.41, 5.74) is -0.519. The Hall–Kier alpha value is -1.12. The van der Waals surface area contributed by atoms with Gasteiger partial charge in [-0.25, -0.2) is 0 Å². The zero-order chi connectivity index (χ0) is 17.4. The summed E-state index contributed by atoms with van der Waals surface area (Å²) < 4.78 is 51.8. The molecule has 1 saturated heterocycles. The molecule has 0 amide bonds. The smallest absolute Gasteiger partial charge is 0.381 e. The fourth-order valence-electron chi connectivity index (χ4n) is 4.02. The number of halogens is 3. The van der Waals surface area contributed by atoms with Gasteiger partial charge in [0.1, 0.15) is 0 Å². The van der Waals surface area contributed by atoms with Crippen molar-refractivity contribution in [2.24, 2.45) is 12.5 Å². The van der Waals surface area contributed by atoms with Crippen molar-refractivity contribution in [3.63, 3.8) is 0 Å². The first kappa shape index (κ1) is 17.7. The van der Waals surface area contributed by atoms with Crippen LogP contribution in [0, 0.1) is 5.41 Å². The van der Waals surface area contributed by atoms with Crippen LogP contribution in [0.1, 0.15) is 37.4 Å². The highest BCUT2D eigenvalue weighted by Gasteiger charge is 2.55. The molecule has 0 bridgehead atoms. The molecule has 0 aromatic carbocycles. The molecule has 2 heterocycles. The summed E-state index contributed by atoms with van der Waals surface area (Å²) in [6.45, 7) is 4.14. The van der Waals surface area contributed by atoms with Gasteiger partial charge in [-0.05, 0) is 26.2 Å². The highest BCUT2D eigenvalue weighted by molar-refractivity contribution is 5.21. The Balaban J connectivity index is 1.70. The van der Waals surface area contributed by atoms with Crippen LogP contribution >= 0.6 is 0 Å². The van der Waals surface area contributed by atoms with E-state index >= 15 is 0 Å². The molecule has 0 radical (unpaired) electrons. The Bertz CT molecular complexity index is 567.